The van der Waals surface area contributed by atoms with Crippen molar-refractivity contribution in [3.05, 3.63) is 59.3 Å². The lowest BCUT2D eigenvalue weighted by Gasteiger charge is -2.35. The van der Waals surface area contributed by atoms with Gasteiger partial charge in [-0.3, -0.25) is 0 Å². The molecule has 0 spiro atoms. The van der Waals surface area contributed by atoms with Crippen LogP contribution in [0.1, 0.15) is 42.5 Å². The van der Waals surface area contributed by atoms with Crippen LogP contribution < -0.4 is 15.0 Å². The van der Waals surface area contributed by atoms with Gasteiger partial charge in [-0.1, -0.05) is 42.5 Å². The zero-order chi connectivity index (χ0) is 25.2. The van der Waals surface area contributed by atoms with Crippen LogP contribution in [0.3, 0.4) is 0 Å². The molecule has 37 heavy (non-hydrogen) atoms. The Bertz CT molecular complexity index is 1360. The highest BCUT2D eigenvalue weighted by molar-refractivity contribution is 5.98. The van der Waals surface area contributed by atoms with Crippen molar-refractivity contribution >= 4 is 28.2 Å². The number of nitrogens with zero attached hydrogens (tertiary/aromatic N) is 5. The van der Waals surface area contributed by atoms with Gasteiger partial charge in [0.05, 0.1) is 18.2 Å². The average molecular weight is 495 g/mol. The van der Waals surface area contributed by atoms with Crippen LogP contribution in [0.25, 0.3) is 22.4 Å². The summed E-state index contributed by atoms with van der Waals surface area (Å²) >= 11 is 0. The van der Waals surface area contributed by atoms with E-state index in [0.717, 1.165) is 57.0 Å². The molecule has 0 amide bonds. The van der Waals surface area contributed by atoms with Crippen molar-refractivity contribution < 1.29 is 4.74 Å². The lowest BCUT2D eigenvalue weighted by atomic mass is 9.88. The van der Waals surface area contributed by atoms with E-state index in [2.05, 4.69) is 76.8 Å². The number of hydrogen-bond acceptors (Lipinski definition) is 7. The molecule has 0 unspecified atom stereocenters. The largest absolute Gasteiger partial charge is 0.462 e. The van der Waals surface area contributed by atoms with Gasteiger partial charge in [-0.2, -0.15) is 15.2 Å². The Morgan fingerprint density at radius 3 is 2.86 bits per heavy atom. The fourth-order valence-electron chi connectivity index (χ4n) is 5.99. The number of nitriles is 1. The van der Waals surface area contributed by atoms with Crippen molar-refractivity contribution in [2.45, 2.75) is 44.2 Å². The molecular weight excluding hydrogens is 460 g/mol. The number of anilines is 1. The first-order valence-electron chi connectivity index (χ1n) is 13.5. The second-order valence-corrected chi connectivity index (χ2v) is 10.4. The Hall–Kier alpha value is -3.47. The third-order valence-electron chi connectivity index (χ3n) is 8.06. The van der Waals surface area contributed by atoms with Gasteiger partial charge in [0.2, 0.25) is 0 Å². The number of hydrogen-bond donors (Lipinski definition) is 1. The third kappa shape index (κ3) is 4.92. The molecule has 0 radical (unpaired) electrons. The molecule has 6 rings (SSSR count). The monoisotopic (exact) mass is 494 g/mol. The van der Waals surface area contributed by atoms with E-state index >= 15 is 0 Å². The van der Waals surface area contributed by atoms with Crippen LogP contribution in [0.15, 0.2) is 42.5 Å². The van der Waals surface area contributed by atoms with Gasteiger partial charge < -0.3 is 19.9 Å². The fraction of sp³-hybridized carbons (Fsp3) is 0.433. The Morgan fingerprint density at radius 2 is 2.00 bits per heavy atom. The van der Waals surface area contributed by atoms with Crippen molar-refractivity contribution in [1.82, 2.24) is 20.2 Å². The van der Waals surface area contributed by atoms with Crippen LogP contribution in [-0.4, -0.2) is 66.8 Å². The molecule has 0 saturated carbocycles. The predicted octanol–water partition coefficient (Wildman–Crippen LogP) is 4.28. The van der Waals surface area contributed by atoms with Gasteiger partial charge in [0, 0.05) is 37.3 Å². The number of rotatable bonds is 6. The van der Waals surface area contributed by atoms with E-state index < -0.39 is 0 Å². The van der Waals surface area contributed by atoms with Crippen molar-refractivity contribution in [1.29, 1.82) is 5.26 Å². The maximum atomic E-state index is 9.25. The van der Waals surface area contributed by atoms with Gasteiger partial charge in [-0.25, -0.2) is 0 Å². The standard InChI is InChI=1S/C30H34N6O/c1-35-16-5-8-24(35)20-37-30-33-28-18-22(26-10-4-7-21-6-2-3-9-25(21)26)11-12-27(28)29(34-30)36-17-15-32-23(19-36)13-14-31/h2-4,6-7,9-10,18,23-24,32H,5,8,11-13,15-17,19-20H2,1H3/t23-,24-/m0/s1. The molecule has 3 aliphatic rings. The Morgan fingerprint density at radius 1 is 1.11 bits per heavy atom. The lowest BCUT2D eigenvalue weighted by molar-refractivity contribution is 0.187. The van der Waals surface area contributed by atoms with Gasteiger partial charge in [-0.15, -0.1) is 0 Å². The van der Waals surface area contributed by atoms with Crippen molar-refractivity contribution in [3.8, 4) is 12.1 Å². The summed E-state index contributed by atoms with van der Waals surface area (Å²) in [6, 6.07) is 18.4. The summed E-state index contributed by atoms with van der Waals surface area (Å²) in [5, 5.41) is 15.3. The van der Waals surface area contributed by atoms with Crippen LogP contribution in [0.2, 0.25) is 0 Å². The van der Waals surface area contributed by atoms with Crippen LogP contribution in [-0.2, 0) is 6.42 Å². The highest BCUT2D eigenvalue weighted by atomic mass is 16.5. The van der Waals surface area contributed by atoms with E-state index in [1.807, 2.05) is 0 Å². The molecule has 2 aliphatic heterocycles. The van der Waals surface area contributed by atoms with Crippen LogP contribution in [0.4, 0.5) is 5.82 Å². The van der Waals surface area contributed by atoms with E-state index in [4.69, 9.17) is 14.7 Å². The Kier molecular flexibility index (Phi) is 6.77. The molecule has 2 atom stereocenters. The zero-order valence-corrected chi connectivity index (χ0v) is 21.5. The van der Waals surface area contributed by atoms with E-state index in [0.29, 0.717) is 25.1 Å². The number of likely N-dealkylation sites (tertiary alicyclic amines) is 1. The number of fused-ring (bicyclic) bond motifs is 2. The van der Waals surface area contributed by atoms with E-state index in [-0.39, 0.29) is 6.04 Å². The van der Waals surface area contributed by atoms with Crippen molar-refractivity contribution in [2.24, 2.45) is 0 Å². The minimum Gasteiger partial charge on any atom is -0.462 e. The third-order valence-corrected chi connectivity index (χ3v) is 8.06. The molecule has 2 saturated heterocycles. The van der Waals surface area contributed by atoms with E-state index in [1.54, 1.807) is 0 Å². The molecule has 1 N–H and O–H groups in total. The summed E-state index contributed by atoms with van der Waals surface area (Å²) in [4.78, 5) is 14.6. The molecule has 3 aromatic rings. The highest BCUT2D eigenvalue weighted by Crippen LogP contribution is 2.37. The number of benzene rings is 2. The SMILES string of the molecule is CN1CCC[C@H]1COc1nc2c(c(N3CCN[C@@H](CC#N)C3)n1)CCC(c1cccc3ccccc13)=C2. The van der Waals surface area contributed by atoms with Crippen LogP contribution in [0.5, 0.6) is 6.01 Å². The van der Waals surface area contributed by atoms with E-state index in [1.165, 1.54) is 33.9 Å². The number of likely N-dealkylation sites (N-methyl/N-ethyl adjacent to an activating group) is 1. The number of piperazine rings is 1. The minimum atomic E-state index is 0.145. The summed E-state index contributed by atoms with van der Waals surface area (Å²) in [5.74, 6) is 0.970. The minimum absolute atomic E-state index is 0.145. The number of aromatic nitrogens is 2. The summed E-state index contributed by atoms with van der Waals surface area (Å²) in [6.45, 7) is 4.18. The number of ether oxygens (including phenoxy) is 1. The van der Waals surface area contributed by atoms with Crippen LogP contribution >= 0.6 is 0 Å². The average Bonchev–Trinajstić information content (AvgIpc) is 3.35. The molecular formula is C30H34N6O. The molecule has 2 aromatic carbocycles. The maximum Gasteiger partial charge on any atom is 0.318 e. The Labute approximate surface area is 218 Å². The van der Waals surface area contributed by atoms with E-state index in [9.17, 15) is 5.26 Å². The number of nitrogens with one attached hydrogen (secondary N) is 1. The first-order valence-corrected chi connectivity index (χ1v) is 13.5. The first kappa shape index (κ1) is 23.9. The molecule has 1 aromatic heterocycles. The number of allylic oxidation sites excluding steroid dienone is 1. The summed E-state index contributed by atoms with van der Waals surface area (Å²) in [7, 11) is 2.16. The topological polar surface area (TPSA) is 77.3 Å². The van der Waals surface area contributed by atoms with Crippen LogP contribution in [0, 0.1) is 11.3 Å². The molecule has 3 heterocycles. The highest BCUT2D eigenvalue weighted by Gasteiger charge is 2.28. The summed E-state index contributed by atoms with van der Waals surface area (Å²) in [5.41, 5.74) is 4.73. The molecule has 1 aliphatic carbocycles. The van der Waals surface area contributed by atoms with Gasteiger partial charge in [0.25, 0.3) is 0 Å². The summed E-state index contributed by atoms with van der Waals surface area (Å²) in [6.07, 6.45) is 6.92. The second kappa shape index (κ2) is 10.5. The molecule has 2 fully saturated rings. The normalized spacial score (nSPS) is 21.9. The summed E-state index contributed by atoms with van der Waals surface area (Å²) < 4.78 is 6.26. The molecule has 190 valence electrons. The predicted molar refractivity (Wildman–Crippen MR) is 148 cm³/mol. The second-order valence-electron chi connectivity index (χ2n) is 10.4. The zero-order valence-electron chi connectivity index (χ0n) is 21.5. The van der Waals surface area contributed by atoms with Gasteiger partial charge in [0.1, 0.15) is 12.4 Å². The smallest absolute Gasteiger partial charge is 0.318 e. The quantitative estimate of drug-likeness (QED) is 0.548. The van der Waals surface area contributed by atoms with Gasteiger partial charge in [0.15, 0.2) is 0 Å². The van der Waals surface area contributed by atoms with Crippen molar-refractivity contribution in [3.63, 3.8) is 0 Å². The first-order chi connectivity index (χ1) is 18.2. The molecule has 0 bridgehead atoms. The van der Waals surface area contributed by atoms with Gasteiger partial charge >= 0.3 is 6.01 Å². The molecule has 7 nitrogen and oxygen atoms in total. The fourth-order valence-corrected chi connectivity index (χ4v) is 5.99. The lowest BCUT2D eigenvalue weighted by Crippen LogP contribution is -2.51. The molecule has 7 heteroatoms. The van der Waals surface area contributed by atoms with Gasteiger partial charge in [-0.05, 0) is 67.3 Å². The maximum absolute atomic E-state index is 9.25. The Balaban J connectivity index is 1.37. The van der Waals surface area contributed by atoms with Crippen molar-refractivity contribution in [2.75, 3.05) is 44.7 Å².